The van der Waals surface area contributed by atoms with Crippen molar-refractivity contribution in [3.05, 3.63) is 48.3 Å². The molecule has 2 aromatic rings. The second kappa shape index (κ2) is 8.03. The first-order valence-corrected chi connectivity index (χ1v) is 7.03. The maximum absolute atomic E-state index is 13.4. The van der Waals surface area contributed by atoms with Crippen LogP contribution in [0.1, 0.15) is 6.42 Å². The zero-order valence-electron chi connectivity index (χ0n) is 13.0. The SMILES string of the molecule is COc1ccc(NC(=O)CCOc2ccccc2F)c(OC)c1. The molecule has 1 N–H and O–H groups in total. The molecule has 0 aliphatic carbocycles. The summed E-state index contributed by atoms with van der Waals surface area (Å²) in [6.45, 7) is 0.0746. The molecule has 0 spiro atoms. The lowest BCUT2D eigenvalue weighted by Crippen LogP contribution is -2.16. The van der Waals surface area contributed by atoms with Crippen LogP contribution in [-0.4, -0.2) is 26.7 Å². The highest BCUT2D eigenvalue weighted by Crippen LogP contribution is 2.29. The molecule has 0 bridgehead atoms. The Balaban J connectivity index is 1.89. The number of carbonyl (C=O) groups is 1. The number of amides is 1. The van der Waals surface area contributed by atoms with Crippen molar-refractivity contribution in [3.63, 3.8) is 0 Å². The van der Waals surface area contributed by atoms with Crippen LogP contribution in [0.25, 0.3) is 0 Å². The van der Waals surface area contributed by atoms with E-state index in [4.69, 9.17) is 14.2 Å². The van der Waals surface area contributed by atoms with E-state index < -0.39 is 5.82 Å². The van der Waals surface area contributed by atoms with Crippen LogP contribution in [0.15, 0.2) is 42.5 Å². The Labute approximate surface area is 134 Å². The van der Waals surface area contributed by atoms with E-state index >= 15 is 0 Å². The summed E-state index contributed by atoms with van der Waals surface area (Å²) in [5.74, 6) is 0.535. The van der Waals surface area contributed by atoms with Gasteiger partial charge in [-0.05, 0) is 24.3 Å². The van der Waals surface area contributed by atoms with Crippen LogP contribution in [0.3, 0.4) is 0 Å². The molecule has 0 radical (unpaired) electrons. The Bertz CT molecular complexity index is 675. The number of methoxy groups -OCH3 is 2. The van der Waals surface area contributed by atoms with Crippen LogP contribution in [0, 0.1) is 5.82 Å². The van der Waals surface area contributed by atoms with E-state index in [-0.39, 0.29) is 24.7 Å². The topological polar surface area (TPSA) is 56.8 Å². The number of carbonyl (C=O) groups excluding carboxylic acids is 1. The summed E-state index contributed by atoms with van der Waals surface area (Å²) in [5.41, 5.74) is 0.532. The molecule has 2 rings (SSSR count). The van der Waals surface area contributed by atoms with Gasteiger partial charge in [-0.25, -0.2) is 4.39 Å². The lowest BCUT2D eigenvalue weighted by molar-refractivity contribution is -0.116. The Morgan fingerprint density at radius 2 is 1.87 bits per heavy atom. The van der Waals surface area contributed by atoms with Gasteiger partial charge in [0.2, 0.25) is 5.91 Å². The van der Waals surface area contributed by atoms with Gasteiger partial charge < -0.3 is 19.5 Å². The highest BCUT2D eigenvalue weighted by molar-refractivity contribution is 5.92. The third kappa shape index (κ3) is 4.60. The summed E-state index contributed by atoms with van der Waals surface area (Å²) in [6.07, 6.45) is 0.0868. The highest BCUT2D eigenvalue weighted by atomic mass is 19.1. The highest BCUT2D eigenvalue weighted by Gasteiger charge is 2.10. The summed E-state index contributed by atoms with van der Waals surface area (Å²) in [5, 5.41) is 2.72. The standard InChI is InChI=1S/C17H18FNO4/c1-21-12-7-8-14(16(11-12)22-2)19-17(20)9-10-23-15-6-4-3-5-13(15)18/h3-8,11H,9-10H2,1-2H3,(H,19,20). The molecule has 0 aliphatic rings. The van der Waals surface area contributed by atoms with E-state index in [1.165, 1.54) is 19.2 Å². The molecule has 2 aromatic carbocycles. The Kier molecular flexibility index (Phi) is 5.80. The summed E-state index contributed by atoms with van der Waals surface area (Å²) < 4.78 is 28.9. The Morgan fingerprint density at radius 1 is 1.09 bits per heavy atom. The van der Waals surface area contributed by atoms with Gasteiger partial charge in [0.25, 0.3) is 0 Å². The molecule has 0 unspecified atom stereocenters. The van der Waals surface area contributed by atoms with Crippen LogP contribution >= 0.6 is 0 Å². The summed E-state index contributed by atoms with van der Waals surface area (Å²) in [4.78, 5) is 11.9. The molecule has 0 aromatic heterocycles. The third-order valence-electron chi connectivity index (χ3n) is 3.11. The molecular weight excluding hydrogens is 301 g/mol. The molecule has 23 heavy (non-hydrogen) atoms. The molecule has 0 heterocycles. The number of halogens is 1. The summed E-state index contributed by atoms with van der Waals surface area (Å²) in [6, 6.07) is 11.1. The van der Waals surface area contributed by atoms with Crippen LogP contribution in [0.5, 0.6) is 17.2 Å². The number of para-hydroxylation sites is 1. The lowest BCUT2D eigenvalue weighted by Gasteiger charge is -2.12. The molecule has 122 valence electrons. The predicted octanol–water partition coefficient (Wildman–Crippen LogP) is 3.25. The van der Waals surface area contributed by atoms with Crippen molar-refractivity contribution in [3.8, 4) is 17.2 Å². The van der Waals surface area contributed by atoms with E-state index in [1.54, 1.807) is 37.4 Å². The van der Waals surface area contributed by atoms with Crippen molar-refractivity contribution in [2.75, 3.05) is 26.1 Å². The molecule has 0 saturated carbocycles. The number of hydrogen-bond donors (Lipinski definition) is 1. The van der Waals surface area contributed by atoms with Gasteiger partial charge in [0, 0.05) is 6.07 Å². The zero-order valence-corrected chi connectivity index (χ0v) is 13.0. The number of benzene rings is 2. The largest absolute Gasteiger partial charge is 0.497 e. The van der Waals surface area contributed by atoms with Crippen molar-refractivity contribution < 1.29 is 23.4 Å². The predicted molar refractivity (Wildman–Crippen MR) is 84.7 cm³/mol. The molecule has 0 atom stereocenters. The van der Waals surface area contributed by atoms with Crippen molar-refractivity contribution in [2.45, 2.75) is 6.42 Å². The minimum Gasteiger partial charge on any atom is -0.497 e. The van der Waals surface area contributed by atoms with E-state index in [9.17, 15) is 9.18 Å². The summed E-state index contributed by atoms with van der Waals surface area (Å²) in [7, 11) is 3.05. The van der Waals surface area contributed by atoms with Gasteiger partial charge in [-0.1, -0.05) is 12.1 Å². The number of ether oxygens (including phenoxy) is 3. The van der Waals surface area contributed by atoms with Crippen molar-refractivity contribution >= 4 is 11.6 Å². The second-order valence-electron chi connectivity index (χ2n) is 4.64. The van der Waals surface area contributed by atoms with Gasteiger partial charge in [-0.2, -0.15) is 0 Å². The average Bonchev–Trinajstić information content (AvgIpc) is 2.57. The van der Waals surface area contributed by atoms with Gasteiger partial charge in [0.05, 0.1) is 32.9 Å². The van der Waals surface area contributed by atoms with Crippen LogP contribution in [0.4, 0.5) is 10.1 Å². The number of nitrogens with one attached hydrogen (secondary N) is 1. The van der Waals surface area contributed by atoms with Crippen molar-refractivity contribution in [1.82, 2.24) is 0 Å². The molecule has 1 amide bonds. The van der Waals surface area contributed by atoms with Gasteiger partial charge >= 0.3 is 0 Å². The van der Waals surface area contributed by atoms with Gasteiger partial charge in [0.15, 0.2) is 11.6 Å². The number of hydrogen-bond acceptors (Lipinski definition) is 4. The van der Waals surface area contributed by atoms with Crippen molar-refractivity contribution in [2.24, 2.45) is 0 Å². The van der Waals surface area contributed by atoms with E-state index in [0.29, 0.717) is 17.2 Å². The number of anilines is 1. The molecule has 0 fully saturated rings. The Morgan fingerprint density at radius 3 is 2.57 bits per heavy atom. The van der Waals surface area contributed by atoms with E-state index in [2.05, 4.69) is 5.32 Å². The molecule has 5 nitrogen and oxygen atoms in total. The van der Waals surface area contributed by atoms with Crippen LogP contribution < -0.4 is 19.5 Å². The third-order valence-corrected chi connectivity index (χ3v) is 3.11. The first kappa shape index (κ1) is 16.6. The quantitative estimate of drug-likeness (QED) is 0.851. The average molecular weight is 319 g/mol. The minimum absolute atomic E-state index is 0.0746. The maximum Gasteiger partial charge on any atom is 0.227 e. The maximum atomic E-state index is 13.4. The second-order valence-corrected chi connectivity index (χ2v) is 4.64. The van der Waals surface area contributed by atoms with Crippen LogP contribution in [0.2, 0.25) is 0 Å². The minimum atomic E-state index is -0.454. The molecule has 0 aliphatic heterocycles. The first-order chi connectivity index (χ1) is 11.1. The fourth-order valence-corrected chi connectivity index (χ4v) is 1.93. The molecule has 6 heteroatoms. The zero-order chi connectivity index (χ0) is 16.7. The fourth-order valence-electron chi connectivity index (χ4n) is 1.93. The normalized spacial score (nSPS) is 10.0. The van der Waals surface area contributed by atoms with Gasteiger partial charge in [0.1, 0.15) is 11.5 Å². The van der Waals surface area contributed by atoms with Crippen molar-refractivity contribution in [1.29, 1.82) is 0 Å². The van der Waals surface area contributed by atoms with E-state index in [1.807, 2.05) is 0 Å². The van der Waals surface area contributed by atoms with E-state index in [0.717, 1.165) is 0 Å². The smallest absolute Gasteiger partial charge is 0.227 e. The number of rotatable bonds is 7. The Hall–Kier alpha value is -2.76. The van der Waals surface area contributed by atoms with Gasteiger partial charge in [-0.3, -0.25) is 4.79 Å². The first-order valence-electron chi connectivity index (χ1n) is 7.03. The monoisotopic (exact) mass is 319 g/mol. The molecule has 0 saturated heterocycles. The van der Waals surface area contributed by atoms with Gasteiger partial charge in [-0.15, -0.1) is 0 Å². The summed E-state index contributed by atoms with van der Waals surface area (Å²) >= 11 is 0. The lowest BCUT2D eigenvalue weighted by atomic mass is 10.2. The fraction of sp³-hybridized carbons (Fsp3) is 0.235. The van der Waals surface area contributed by atoms with Crippen LogP contribution in [-0.2, 0) is 4.79 Å². The molecular formula is C17H18FNO4.